The summed E-state index contributed by atoms with van der Waals surface area (Å²) in [5, 5.41) is 13.7. The molecule has 1 fully saturated rings. The lowest BCUT2D eigenvalue weighted by Crippen LogP contribution is -2.54. The van der Waals surface area contributed by atoms with Gasteiger partial charge in [-0.25, -0.2) is 0 Å². The normalized spacial score (nSPS) is 29.8. The van der Waals surface area contributed by atoms with Crippen molar-refractivity contribution in [2.45, 2.75) is 19.4 Å². The number of hydrogen-bond acceptors (Lipinski definition) is 3. The molecule has 0 saturated carbocycles. The Hall–Kier alpha value is -0.770. The average Bonchev–Trinajstić information content (AvgIpc) is 2.04. The number of rotatable bonds is 1. The maximum atomic E-state index is 10.5. The van der Waals surface area contributed by atoms with E-state index in [4.69, 9.17) is 0 Å². The molecule has 1 rings (SSSR count). The van der Waals surface area contributed by atoms with E-state index in [9.17, 15) is 9.90 Å². The first-order chi connectivity index (χ1) is 5.63. The summed E-state index contributed by atoms with van der Waals surface area (Å²) in [6.45, 7) is 3.80. The lowest BCUT2D eigenvalue weighted by Gasteiger charge is -2.38. The zero-order chi connectivity index (χ0) is 9.14. The minimum absolute atomic E-state index is 0.0729. The predicted molar refractivity (Wildman–Crippen MR) is 43.6 cm³/mol. The molecule has 1 saturated heterocycles. The van der Waals surface area contributed by atoms with Crippen LogP contribution in [0.2, 0.25) is 0 Å². The van der Waals surface area contributed by atoms with E-state index in [0.29, 0.717) is 5.92 Å². The molecule has 2 unspecified atom stereocenters. The Balaban J connectivity index is 2.53. The number of carboxylic acid groups (broad SMARTS) is 1. The van der Waals surface area contributed by atoms with Crippen molar-refractivity contribution in [3.63, 3.8) is 0 Å². The van der Waals surface area contributed by atoms with Crippen LogP contribution in [0.1, 0.15) is 13.3 Å². The molecule has 2 atom stereocenters. The van der Waals surface area contributed by atoms with Crippen molar-refractivity contribution in [1.82, 2.24) is 10.2 Å². The van der Waals surface area contributed by atoms with E-state index >= 15 is 0 Å². The highest BCUT2D eigenvalue weighted by Crippen LogP contribution is 2.15. The molecule has 0 aromatic heterocycles. The van der Waals surface area contributed by atoms with Crippen molar-refractivity contribution in [2.75, 3.05) is 20.1 Å². The zero-order valence-electron chi connectivity index (χ0n) is 7.54. The van der Waals surface area contributed by atoms with Gasteiger partial charge in [-0.05, 0) is 18.9 Å². The summed E-state index contributed by atoms with van der Waals surface area (Å²) in [6.07, 6.45) is -0.0574. The fraction of sp³-hybridized carbons (Fsp3) is 0.875. The first-order valence-electron chi connectivity index (χ1n) is 4.27. The molecule has 1 N–H and O–H groups in total. The molecule has 0 spiro atoms. The SMILES string of the molecule is CC1CCNCC1N(C)C(=O)[O-]. The van der Waals surface area contributed by atoms with Crippen molar-refractivity contribution < 1.29 is 9.90 Å². The highest BCUT2D eigenvalue weighted by molar-refractivity contribution is 5.62. The van der Waals surface area contributed by atoms with E-state index in [-0.39, 0.29) is 6.04 Å². The minimum Gasteiger partial charge on any atom is -0.530 e. The molecule has 4 heteroatoms. The predicted octanol–water partition coefficient (Wildman–Crippen LogP) is -0.740. The molecule has 0 aromatic carbocycles. The van der Waals surface area contributed by atoms with Crippen LogP contribution in [-0.2, 0) is 0 Å². The van der Waals surface area contributed by atoms with E-state index in [0.717, 1.165) is 19.5 Å². The fourth-order valence-electron chi connectivity index (χ4n) is 1.63. The number of amides is 1. The maximum Gasteiger partial charge on any atom is 0.136 e. The van der Waals surface area contributed by atoms with Gasteiger partial charge in [0.05, 0.1) is 0 Å². The topological polar surface area (TPSA) is 55.4 Å². The standard InChI is InChI=1S/C8H16N2O2/c1-6-3-4-9-5-7(6)10(2)8(11)12/h6-7,9H,3-5H2,1-2H3,(H,11,12)/p-1. The molecule has 70 valence electrons. The molecule has 1 heterocycles. The van der Waals surface area contributed by atoms with Crippen molar-refractivity contribution >= 4 is 6.09 Å². The largest absolute Gasteiger partial charge is 0.530 e. The quantitative estimate of drug-likeness (QED) is 0.565. The van der Waals surface area contributed by atoms with Crippen LogP contribution in [-0.4, -0.2) is 37.2 Å². The van der Waals surface area contributed by atoms with Crippen molar-refractivity contribution in [3.05, 3.63) is 0 Å². The van der Waals surface area contributed by atoms with Gasteiger partial charge in [-0.3, -0.25) is 0 Å². The summed E-state index contributed by atoms with van der Waals surface area (Å²) in [4.78, 5) is 11.8. The maximum absolute atomic E-state index is 10.5. The minimum atomic E-state index is -1.09. The third kappa shape index (κ3) is 1.88. The number of carbonyl (C=O) groups is 1. The third-order valence-corrected chi connectivity index (χ3v) is 2.57. The number of nitrogens with zero attached hydrogens (tertiary/aromatic N) is 1. The summed E-state index contributed by atoms with van der Waals surface area (Å²) >= 11 is 0. The lowest BCUT2D eigenvalue weighted by atomic mass is 9.94. The monoisotopic (exact) mass is 171 g/mol. The van der Waals surface area contributed by atoms with Crippen LogP contribution in [0, 0.1) is 5.92 Å². The van der Waals surface area contributed by atoms with Crippen molar-refractivity contribution in [1.29, 1.82) is 0 Å². The van der Waals surface area contributed by atoms with E-state index < -0.39 is 6.09 Å². The molecular formula is C8H15N2O2-. The number of hydrogen-bond donors (Lipinski definition) is 1. The van der Waals surface area contributed by atoms with Gasteiger partial charge >= 0.3 is 0 Å². The number of likely N-dealkylation sites (N-methyl/N-ethyl adjacent to an activating group) is 1. The van der Waals surface area contributed by atoms with Crippen LogP contribution in [0.25, 0.3) is 0 Å². The number of carbonyl (C=O) groups excluding carboxylic acids is 1. The van der Waals surface area contributed by atoms with Crippen LogP contribution >= 0.6 is 0 Å². The molecule has 0 bridgehead atoms. The van der Waals surface area contributed by atoms with Gasteiger partial charge in [-0.2, -0.15) is 0 Å². The van der Waals surface area contributed by atoms with Crippen LogP contribution in [0.4, 0.5) is 4.79 Å². The molecule has 12 heavy (non-hydrogen) atoms. The Morgan fingerprint density at radius 3 is 2.83 bits per heavy atom. The second-order valence-corrected chi connectivity index (χ2v) is 3.41. The Labute approximate surface area is 72.6 Å². The highest BCUT2D eigenvalue weighted by atomic mass is 16.4. The van der Waals surface area contributed by atoms with E-state index in [1.807, 2.05) is 0 Å². The molecule has 0 radical (unpaired) electrons. The molecule has 4 nitrogen and oxygen atoms in total. The summed E-state index contributed by atoms with van der Waals surface area (Å²) in [5.41, 5.74) is 0. The average molecular weight is 171 g/mol. The van der Waals surface area contributed by atoms with E-state index in [1.54, 1.807) is 7.05 Å². The van der Waals surface area contributed by atoms with Crippen LogP contribution < -0.4 is 10.4 Å². The highest BCUT2D eigenvalue weighted by Gasteiger charge is 2.24. The Bertz CT molecular complexity index is 172. The second kappa shape index (κ2) is 3.76. The van der Waals surface area contributed by atoms with Crippen molar-refractivity contribution in [3.8, 4) is 0 Å². The number of piperidine rings is 1. The van der Waals surface area contributed by atoms with Gasteiger partial charge in [-0.1, -0.05) is 6.92 Å². The first kappa shape index (κ1) is 9.32. The van der Waals surface area contributed by atoms with Gasteiger partial charge in [0.1, 0.15) is 6.09 Å². The Morgan fingerprint density at radius 2 is 2.33 bits per heavy atom. The van der Waals surface area contributed by atoms with Gasteiger partial charge in [0.25, 0.3) is 0 Å². The first-order valence-corrected chi connectivity index (χ1v) is 4.27. The zero-order valence-corrected chi connectivity index (χ0v) is 7.54. The molecule has 0 aromatic rings. The fourth-order valence-corrected chi connectivity index (χ4v) is 1.63. The summed E-state index contributed by atoms with van der Waals surface area (Å²) < 4.78 is 0. The lowest BCUT2D eigenvalue weighted by molar-refractivity contribution is -0.267. The summed E-state index contributed by atoms with van der Waals surface area (Å²) in [5.74, 6) is 0.425. The molecular weight excluding hydrogens is 156 g/mol. The van der Waals surface area contributed by atoms with Crippen LogP contribution in [0.5, 0.6) is 0 Å². The van der Waals surface area contributed by atoms with Gasteiger partial charge in [0.15, 0.2) is 0 Å². The van der Waals surface area contributed by atoms with E-state index in [2.05, 4.69) is 12.2 Å². The van der Waals surface area contributed by atoms with Gasteiger partial charge in [-0.15, -0.1) is 0 Å². The summed E-state index contributed by atoms with van der Waals surface area (Å²) in [6, 6.07) is 0.0729. The summed E-state index contributed by atoms with van der Waals surface area (Å²) in [7, 11) is 1.57. The smallest absolute Gasteiger partial charge is 0.136 e. The molecule has 1 aliphatic rings. The molecule has 1 amide bonds. The van der Waals surface area contributed by atoms with Gasteiger partial charge in [0, 0.05) is 19.6 Å². The van der Waals surface area contributed by atoms with Crippen molar-refractivity contribution in [2.24, 2.45) is 5.92 Å². The Morgan fingerprint density at radius 1 is 1.67 bits per heavy atom. The van der Waals surface area contributed by atoms with Crippen LogP contribution in [0.15, 0.2) is 0 Å². The molecule has 0 aliphatic carbocycles. The second-order valence-electron chi connectivity index (χ2n) is 3.41. The Kier molecular flexibility index (Phi) is 2.92. The van der Waals surface area contributed by atoms with Gasteiger partial charge in [0.2, 0.25) is 0 Å². The molecule has 1 aliphatic heterocycles. The van der Waals surface area contributed by atoms with Gasteiger partial charge < -0.3 is 20.1 Å². The number of nitrogens with one attached hydrogen (secondary N) is 1. The third-order valence-electron chi connectivity index (χ3n) is 2.57. The van der Waals surface area contributed by atoms with Crippen LogP contribution in [0.3, 0.4) is 0 Å². The van der Waals surface area contributed by atoms with E-state index in [1.165, 1.54) is 4.90 Å².